The minimum absolute atomic E-state index is 0.504. The number of fused-ring (bicyclic) bond motifs is 6. The van der Waals surface area contributed by atoms with Crippen molar-refractivity contribution >= 4 is 38.6 Å². The molecule has 0 unspecified atom stereocenters. The van der Waals surface area contributed by atoms with E-state index in [0.29, 0.717) is 0 Å². The summed E-state index contributed by atoms with van der Waals surface area (Å²) < 4.78 is 0. The van der Waals surface area contributed by atoms with E-state index in [1.54, 1.807) is 0 Å². The van der Waals surface area contributed by atoms with Crippen molar-refractivity contribution in [1.29, 1.82) is 0 Å². The summed E-state index contributed by atoms with van der Waals surface area (Å²) in [5.74, 6) is 0. The predicted molar refractivity (Wildman–Crippen MR) is 244 cm³/mol. The molecule has 1 aliphatic rings. The van der Waals surface area contributed by atoms with Crippen LogP contribution in [0.2, 0.25) is 0 Å². The van der Waals surface area contributed by atoms with Crippen molar-refractivity contribution < 1.29 is 0 Å². The quantitative estimate of drug-likeness (QED) is 0.147. The van der Waals surface area contributed by atoms with E-state index in [2.05, 4.69) is 241 Å². The van der Waals surface area contributed by atoms with E-state index in [1.807, 2.05) is 0 Å². The van der Waals surface area contributed by atoms with Gasteiger partial charge in [-0.15, -0.1) is 0 Å². The van der Waals surface area contributed by atoms with Gasteiger partial charge >= 0.3 is 0 Å². The molecule has 0 amide bonds. The number of nitrogens with zero attached hydrogens (tertiary/aromatic N) is 1. The largest absolute Gasteiger partial charge is 0.310 e. The highest BCUT2D eigenvalue weighted by atomic mass is 15.1. The Bertz CT molecular complexity index is 3050. The van der Waals surface area contributed by atoms with Crippen LogP contribution in [0.15, 0.2) is 237 Å². The number of hydrogen-bond donors (Lipinski definition) is 0. The lowest BCUT2D eigenvalue weighted by Gasteiger charge is -2.35. The second kappa shape index (κ2) is 13.9. The van der Waals surface area contributed by atoms with Gasteiger partial charge in [0.15, 0.2) is 0 Å². The molecule has 11 rings (SSSR count). The van der Waals surface area contributed by atoms with E-state index >= 15 is 0 Å². The molecule has 58 heavy (non-hydrogen) atoms. The smallest absolute Gasteiger partial charge is 0.0714 e. The number of para-hydroxylation sites is 1. The molecule has 0 saturated carbocycles. The molecule has 272 valence electrons. The Balaban J connectivity index is 1.15. The van der Waals surface area contributed by atoms with Crippen LogP contribution < -0.4 is 4.90 Å². The third kappa shape index (κ3) is 5.32. The zero-order valence-corrected chi connectivity index (χ0v) is 32.0. The van der Waals surface area contributed by atoms with E-state index in [9.17, 15) is 0 Å². The summed E-state index contributed by atoms with van der Waals surface area (Å²) in [6.45, 7) is 0. The van der Waals surface area contributed by atoms with Gasteiger partial charge in [-0.1, -0.05) is 200 Å². The first-order chi connectivity index (χ1) is 28.8. The van der Waals surface area contributed by atoms with Gasteiger partial charge in [0, 0.05) is 16.9 Å². The van der Waals surface area contributed by atoms with Gasteiger partial charge in [0.25, 0.3) is 0 Å². The number of hydrogen-bond acceptors (Lipinski definition) is 1. The van der Waals surface area contributed by atoms with Crippen LogP contribution >= 0.6 is 0 Å². The number of anilines is 3. The van der Waals surface area contributed by atoms with E-state index in [0.717, 1.165) is 17.1 Å². The molecule has 1 nitrogen and oxygen atoms in total. The van der Waals surface area contributed by atoms with E-state index in [4.69, 9.17) is 0 Å². The van der Waals surface area contributed by atoms with Crippen molar-refractivity contribution in [3.05, 3.63) is 259 Å². The zero-order chi connectivity index (χ0) is 38.5. The maximum atomic E-state index is 2.46. The highest BCUT2D eigenvalue weighted by Crippen LogP contribution is 2.57. The maximum Gasteiger partial charge on any atom is 0.0714 e. The molecular weight excluding hydrogens is 699 g/mol. The molecule has 0 atom stereocenters. The van der Waals surface area contributed by atoms with Gasteiger partial charge in [-0.2, -0.15) is 0 Å². The standard InChI is InChI=1S/C57H39N/c1-4-18-40(19-5-1)48-26-15-17-31-56(48)58(45-34-32-41(33-35-45)53-38-42-20-10-11-25-47(42)49-27-12-13-28-50(49)53)46-36-37-52-51-29-14-16-30-54(51)57(55(52)39-46,43-21-6-2-7-22-43)44-23-8-3-9-24-44/h1-39H. The average Bonchev–Trinajstić information content (AvgIpc) is 3.60. The topological polar surface area (TPSA) is 3.24 Å². The van der Waals surface area contributed by atoms with E-state index in [-0.39, 0.29) is 0 Å². The fourth-order valence-corrected chi connectivity index (χ4v) is 9.61. The Morgan fingerprint density at radius 1 is 0.293 bits per heavy atom. The minimum Gasteiger partial charge on any atom is -0.310 e. The molecule has 1 heteroatoms. The van der Waals surface area contributed by atoms with E-state index in [1.165, 1.54) is 77.2 Å². The van der Waals surface area contributed by atoms with E-state index < -0.39 is 5.41 Å². The van der Waals surface area contributed by atoms with Crippen LogP contribution in [0.1, 0.15) is 22.3 Å². The van der Waals surface area contributed by atoms with Crippen LogP contribution in [0, 0.1) is 0 Å². The maximum absolute atomic E-state index is 2.46. The Kier molecular flexibility index (Phi) is 8.12. The van der Waals surface area contributed by atoms with Crippen LogP contribution in [0.4, 0.5) is 17.1 Å². The molecule has 10 aromatic rings. The molecule has 0 spiro atoms. The number of rotatable bonds is 7. The fraction of sp³-hybridized carbons (Fsp3) is 0.0175. The van der Waals surface area contributed by atoms with Crippen LogP contribution in [0.25, 0.3) is 54.9 Å². The van der Waals surface area contributed by atoms with Crippen molar-refractivity contribution in [2.75, 3.05) is 4.90 Å². The van der Waals surface area contributed by atoms with Crippen molar-refractivity contribution in [2.45, 2.75) is 5.41 Å². The molecule has 0 saturated heterocycles. The lowest BCUT2D eigenvalue weighted by atomic mass is 9.67. The first kappa shape index (κ1) is 33.8. The van der Waals surface area contributed by atoms with Gasteiger partial charge in [-0.05, 0) is 108 Å². The van der Waals surface area contributed by atoms with Gasteiger partial charge in [-0.3, -0.25) is 0 Å². The van der Waals surface area contributed by atoms with Crippen molar-refractivity contribution in [3.63, 3.8) is 0 Å². The molecule has 0 aliphatic heterocycles. The summed E-state index contributed by atoms with van der Waals surface area (Å²) in [4.78, 5) is 2.45. The van der Waals surface area contributed by atoms with Crippen LogP contribution in [-0.2, 0) is 5.41 Å². The second-order valence-corrected chi connectivity index (χ2v) is 15.2. The summed E-state index contributed by atoms with van der Waals surface area (Å²) in [7, 11) is 0. The Hall–Kier alpha value is -7.48. The van der Waals surface area contributed by atoms with Crippen molar-refractivity contribution in [1.82, 2.24) is 0 Å². The summed E-state index contributed by atoms with van der Waals surface area (Å²) >= 11 is 0. The molecule has 0 heterocycles. The van der Waals surface area contributed by atoms with Crippen molar-refractivity contribution in [3.8, 4) is 33.4 Å². The first-order valence-electron chi connectivity index (χ1n) is 20.1. The van der Waals surface area contributed by atoms with Gasteiger partial charge < -0.3 is 4.90 Å². The molecule has 0 bridgehead atoms. The molecule has 0 N–H and O–H groups in total. The van der Waals surface area contributed by atoms with Crippen molar-refractivity contribution in [2.24, 2.45) is 0 Å². The summed E-state index contributed by atoms with van der Waals surface area (Å²) in [6, 6.07) is 86.8. The minimum atomic E-state index is -0.504. The molecule has 10 aromatic carbocycles. The third-order valence-corrected chi connectivity index (χ3v) is 12.1. The number of benzene rings is 10. The van der Waals surface area contributed by atoms with Gasteiger partial charge in [0.1, 0.15) is 0 Å². The molecular formula is C57H39N. The molecule has 0 radical (unpaired) electrons. The molecule has 0 fully saturated rings. The SMILES string of the molecule is c1ccc(-c2ccccc2N(c2ccc(-c3cc4ccccc4c4ccccc34)cc2)c2ccc3c(c2)C(c2ccccc2)(c2ccccc2)c2ccccc2-3)cc1. The lowest BCUT2D eigenvalue weighted by Crippen LogP contribution is -2.28. The zero-order valence-electron chi connectivity index (χ0n) is 32.0. The lowest BCUT2D eigenvalue weighted by molar-refractivity contribution is 0.768. The van der Waals surface area contributed by atoms with Gasteiger partial charge in [-0.25, -0.2) is 0 Å². The summed E-state index contributed by atoms with van der Waals surface area (Å²) in [5, 5.41) is 5.07. The third-order valence-electron chi connectivity index (χ3n) is 12.1. The highest BCUT2D eigenvalue weighted by molar-refractivity contribution is 6.13. The normalized spacial score (nSPS) is 12.6. The molecule has 1 aliphatic carbocycles. The summed E-state index contributed by atoms with van der Waals surface area (Å²) in [5.41, 5.74) is 15.3. The van der Waals surface area contributed by atoms with Crippen LogP contribution in [-0.4, -0.2) is 0 Å². The Labute approximate surface area is 339 Å². The monoisotopic (exact) mass is 737 g/mol. The highest BCUT2D eigenvalue weighted by Gasteiger charge is 2.46. The predicted octanol–water partition coefficient (Wildman–Crippen LogP) is 15.2. The molecule has 0 aromatic heterocycles. The second-order valence-electron chi connectivity index (χ2n) is 15.2. The fourth-order valence-electron chi connectivity index (χ4n) is 9.61. The Morgan fingerprint density at radius 3 is 1.53 bits per heavy atom. The van der Waals surface area contributed by atoms with Crippen LogP contribution in [0.5, 0.6) is 0 Å². The van der Waals surface area contributed by atoms with Crippen LogP contribution in [0.3, 0.4) is 0 Å². The van der Waals surface area contributed by atoms with Gasteiger partial charge in [0.05, 0.1) is 11.1 Å². The van der Waals surface area contributed by atoms with Gasteiger partial charge in [0.2, 0.25) is 0 Å². The average molecular weight is 738 g/mol. The first-order valence-corrected chi connectivity index (χ1v) is 20.1. The Morgan fingerprint density at radius 2 is 0.810 bits per heavy atom. The summed E-state index contributed by atoms with van der Waals surface area (Å²) in [6.07, 6.45) is 0.